The van der Waals surface area contributed by atoms with Crippen LogP contribution in [0.1, 0.15) is 32.8 Å². The molecule has 0 aliphatic rings. The minimum absolute atomic E-state index is 0.437. The van der Waals surface area contributed by atoms with Crippen LogP contribution in [0.3, 0.4) is 0 Å². The number of rotatable bonds is 6. The number of nitrogens with zero attached hydrogens (tertiary/aromatic N) is 1. The first kappa shape index (κ1) is 13.6. The number of aryl methyl sites for hydroxylation is 1. The summed E-state index contributed by atoms with van der Waals surface area (Å²) in [7, 11) is 0. The fourth-order valence-electron chi connectivity index (χ4n) is 2.18. The SMILES string of the molecule is CCc1ccccc1N(CC)C(CC)C(=O)O. The van der Waals surface area contributed by atoms with E-state index in [9.17, 15) is 9.90 Å². The van der Waals surface area contributed by atoms with E-state index in [1.165, 1.54) is 5.56 Å². The molecule has 0 bridgehead atoms. The van der Waals surface area contributed by atoms with Gasteiger partial charge in [0.15, 0.2) is 0 Å². The summed E-state index contributed by atoms with van der Waals surface area (Å²) < 4.78 is 0. The molecule has 17 heavy (non-hydrogen) atoms. The molecule has 1 rings (SSSR count). The topological polar surface area (TPSA) is 40.5 Å². The highest BCUT2D eigenvalue weighted by Crippen LogP contribution is 2.24. The third kappa shape index (κ3) is 2.99. The number of aliphatic carboxylic acids is 1. The summed E-state index contributed by atoms with van der Waals surface area (Å²) in [5.41, 5.74) is 2.25. The molecule has 1 aromatic carbocycles. The Morgan fingerprint density at radius 2 is 1.94 bits per heavy atom. The van der Waals surface area contributed by atoms with E-state index in [0.717, 1.165) is 12.1 Å². The van der Waals surface area contributed by atoms with Gasteiger partial charge in [-0.2, -0.15) is 0 Å². The predicted molar refractivity (Wildman–Crippen MR) is 70.6 cm³/mol. The van der Waals surface area contributed by atoms with Crippen molar-refractivity contribution in [3.05, 3.63) is 29.8 Å². The van der Waals surface area contributed by atoms with Gasteiger partial charge in [-0.15, -0.1) is 0 Å². The van der Waals surface area contributed by atoms with E-state index in [-0.39, 0.29) is 0 Å². The molecular formula is C14H21NO2. The summed E-state index contributed by atoms with van der Waals surface area (Å²) in [6, 6.07) is 7.59. The van der Waals surface area contributed by atoms with Crippen molar-refractivity contribution >= 4 is 11.7 Å². The first-order valence-electron chi connectivity index (χ1n) is 6.22. The molecule has 0 aliphatic carbocycles. The highest BCUT2D eigenvalue weighted by molar-refractivity contribution is 5.78. The molecule has 1 unspecified atom stereocenters. The van der Waals surface area contributed by atoms with Crippen molar-refractivity contribution in [2.75, 3.05) is 11.4 Å². The fraction of sp³-hybridized carbons (Fsp3) is 0.500. The van der Waals surface area contributed by atoms with Crippen molar-refractivity contribution in [1.29, 1.82) is 0 Å². The van der Waals surface area contributed by atoms with Crippen LogP contribution in [0.5, 0.6) is 0 Å². The van der Waals surface area contributed by atoms with E-state index in [1.54, 1.807) is 0 Å². The maximum Gasteiger partial charge on any atom is 0.326 e. The second kappa shape index (κ2) is 6.28. The van der Waals surface area contributed by atoms with Gasteiger partial charge < -0.3 is 10.0 Å². The molecule has 1 N–H and O–H groups in total. The number of carboxylic acids is 1. The van der Waals surface area contributed by atoms with Gasteiger partial charge in [-0.3, -0.25) is 0 Å². The van der Waals surface area contributed by atoms with Crippen LogP contribution in [0.25, 0.3) is 0 Å². The van der Waals surface area contributed by atoms with Gasteiger partial charge in [0.05, 0.1) is 0 Å². The number of likely N-dealkylation sites (N-methyl/N-ethyl adjacent to an activating group) is 1. The first-order chi connectivity index (χ1) is 8.15. The fourth-order valence-corrected chi connectivity index (χ4v) is 2.18. The zero-order valence-electron chi connectivity index (χ0n) is 10.8. The first-order valence-corrected chi connectivity index (χ1v) is 6.22. The summed E-state index contributed by atoms with van der Waals surface area (Å²) in [5.74, 6) is -0.750. The average molecular weight is 235 g/mol. The van der Waals surface area contributed by atoms with E-state index in [2.05, 4.69) is 13.0 Å². The number of para-hydroxylation sites is 1. The van der Waals surface area contributed by atoms with Crippen LogP contribution in [-0.4, -0.2) is 23.7 Å². The molecular weight excluding hydrogens is 214 g/mol. The highest BCUT2D eigenvalue weighted by Gasteiger charge is 2.23. The molecule has 3 nitrogen and oxygen atoms in total. The van der Waals surface area contributed by atoms with Gasteiger partial charge in [0, 0.05) is 12.2 Å². The zero-order valence-corrected chi connectivity index (χ0v) is 10.8. The van der Waals surface area contributed by atoms with Gasteiger partial charge in [0.2, 0.25) is 0 Å². The molecule has 0 fully saturated rings. The molecule has 0 radical (unpaired) electrons. The van der Waals surface area contributed by atoms with Gasteiger partial charge in [-0.05, 0) is 31.4 Å². The molecule has 3 heteroatoms. The summed E-state index contributed by atoms with van der Waals surface area (Å²) in [6.07, 6.45) is 1.53. The molecule has 1 atom stereocenters. The van der Waals surface area contributed by atoms with Crippen LogP contribution < -0.4 is 4.90 Å². The molecule has 0 saturated carbocycles. The maximum atomic E-state index is 11.3. The Kier molecular flexibility index (Phi) is 5.01. The number of hydrogen-bond donors (Lipinski definition) is 1. The number of carbonyl (C=O) groups is 1. The summed E-state index contributed by atoms with van der Waals surface area (Å²) in [4.78, 5) is 13.2. The molecule has 1 aromatic rings. The van der Waals surface area contributed by atoms with Gasteiger partial charge in [0.25, 0.3) is 0 Å². The predicted octanol–water partition coefficient (Wildman–Crippen LogP) is 2.94. The van der Waals surface area contributed by atoms with Gasteiger partial charge >= 0.3 is 5.97 Å². The Balaban J connectivity index is 3.12. The standard InChI is InChI=1S/C14H21NO2/c1-4-11-9-7-8-10-13(11)15(6-3)12(5-2)14(16)17/h7-10,12H,4-6H2,1-3H3,(H,16,17). The van der Waals surface area contributed by atoms with E-state index in [4.69, 9.17) is 0 Å². The summed E-state index contributed by atoms with van der Waals surface area (Å²) in [5, 5.41) is 9.26. The molecule has 0 amide bonds. The number of anilines is 1. The van der Waals surface area contributed by atoms with Crippen molar-refractivity contribution in [1.82, 2.24) is 0 Å². The quantitative estimate of drug-likeness (QED) is 0.824. The van der Waals surface area contributed by atoms with Gasteiger partial charge in [-0.25, -0.2) is 4.79 Å². The lowest BCUT2D eigenvalue weighted by Crippen LogP contribution is -2.41. The van der Waals surface area contributed by atoms with Crippen molar-refractivity contribution in [2.45, 2.75) is 39.7 Å². The lowest BCUT2D eigenvalue weighted by molar-refractivity contribution is -0.138. The van der Waals surface area contributed by atoms with E-state index >= 15 is 0 Å². The Morgan fingerprint density at radius 3 is 2.41 bits per heavy atom. The van der Waals surface area contributed by atoms with Crippen molar-refractivity contribution in [3.63, 3.8) is 0 Å². The van der Waals surface area contributed by atoms with Crippen molar-refractivity contribution < 1.29 is 9.90 Å². The lowest BCUT2D eigenvalue weighted by atomic mass is 10.1. The number of benzene rings is 1. The van der Waals surface area contributed by atoms with Crippen LogP contribution >= 0.6 is 0 Å². The monoisotopic (exact) mass is 235 g/mol. The minimum atomic E-state index is -0.750. The highest BCUT2D eigenvalue weighted by atomic mass is 16.4. The molecule has 94 valence electrons. The smallest absolute Gasteiger partial charge is 0.326 e. The van der Waals surface area contributed by atoms with Crippen LogP contribution in [0.15, 0.2) is 24.3 Å². The summed E-state index contributed by atoms with van der Waals surface area (Å²) in [6.45, 7) is 6.71. The Morgan fingerprint density at radius 1 is 1.29 bits per heavy atom. The third-order valence-corrected chi connectivity index (χ3v) is 3.07. The minimum Gasteiger partial charge on any atom is -0.480 e. The largest absolute Gasteiger partial charge is 0.480 e. The second-order valence-electron chi connectivity index (χ2n) is 4.03. The van der Waals surface area contributed by atoms with Crippen LogP contribution in [0.4, 0.5) is 5.69 Å². The van der Waals surface area contributed by atoms with Crippen molar-refractivity contribution in [2.24, 2.45) is 0 Å². The third-order valence-electron chi connectivity index (χ3n) is 3.07. The number of carboxylic acid groups (broad SMARTS) is 1. The van der Waals surface area contributed by atoms with Crippen LogP contribution in [0.2, 0.25) is 0 Å². The Labute approximate surface area is 103 Å². The molecule has 0 aliphatic heterocycles. The van der Waals surface area contributed by atoms with E-state index < -0.39 is 12.0 Å². The zero-order chi connectivity index (χ0) is 12.8. The Bertz CT molecular complexity index is 376. The molecule has 0 aromatic heterocycles. The van der Waals surface area contributed by atoms with Gasteiger partial charge in [-0.1, -0.05) is 32.0 Å². The van der Waals surface area contributed by atoms with Gasteiger partial charge in [0.1, 0.15) is 6.04 Å². The lowest BCUT2D eigenvalue weighted by Gasteiger charge is -2.30. The Hall–Kier alpha value is -1.51. The molecule has 0 saturated heterocycles. The van der Waals surface area contributed by atoms with E-state index in [1.807, 2.05) is 36.9 Å². The maximum absolute atomic E-state index is 11.3. The average Bonchev–Trinajstić information content (AvgIpc) is 2.35. The molecule has 0 heterocycles. The van der Waals surface area contributed by atoms with Crippen LogP contribution in [0, 0.1) is 0 Å². The molecule has 0 spiro atoms. The van der Waals surface area contributed by atoms with Crippen molar-refractivity contribution in [3.8, 4) is 0 Å². The van der Waals surface area contributed by atoms with Crippen LogP contribution in [-0.2, 0) is 11.2 Å². The second-order valence-corrected chi connectivity index (χ2v) is 4.03. The van der Waals surface area contributed by atoms with E-state index in [0.29, 0.717) is 13.0 Å². The normalized spacial score (nSPS) is 12.2. The summed E-state index contributed by atoms with van der Waals surface area (Å²) >= 11 is 0. The number of hydrogen-bond acceptors (Lipinski definition) is 2.